The van der Waals surface area contributed by atoms with Crippen molar-refractivity contribution in [1.82, 2.24) is 20.2 Å². The highest BCUT2D eigenvalue weighted by Crippen LogP contribution is 2.14. The molecule has 0 unspecified atom stereocenters. The predicted octanol–water partition coefficient (Wildman–Crippen LogP) is 0.578. The number of carbonyl (C=O) groups excluding carboxylic acids is 2. The minimum Gasteiger partial charge on any atom is -0.341 e. The van der Waals surface area contributed by atoms with E-state index in [0.29, 0.717) is 25.3 Å². The van der Waals surface area contributed by atoms with E-state index in [9.17, 15) is 9.59 Å². The first kappa shape index (κ1) is 14.2. The molecule has 2 heterocycles. The van der Waals surface area contributed by atoms with Gasteiger partial charge in [0.15, 0.2) is 0 Å². The van der Waals surface area contributed by atoms with Gasteiger partial charge in [-0.2, -0.15) is 0 Å². The third-order valence-corrected chi connectivity index (χ3v) is 3.22. The number of piperidine rings is 1. The summed E-state index contributed by atoms with van der Waals surface area (Å²) in [6, 6.07) is 1.34. The third-order valence-electron chi connectivity index (χ3n) is 3.22. The van der Waals surface area contributed by atoms with Crippen LogP contribution in [0.15, 0.2) is 24.9 Å². The molecule has 20 heavy (non-hydrogen) atoms. The van der Waals surface area contributed by atoms with Crippen molar-refractivity contribution in [2.45, 2.75) is 32.4 Å². The van der Waals surface area contributed by atoms with Crippen molar-refractivity contribution in [3.05, 3.63) is 36.4 Å². The number of rotatable bonds is 4. The van der Waals surface area contributed by atoms with Gasteiger partial charge in [-0.15, -0.1) is 0 Å². The Hall–Kier alpha value is -2.24. The second-order valence-corrected chi connectivity index (χ2v) is 4.76. The maximum atomic E-state index is 12.3. The number of carbonyl (C=O) groups is 2. The van der Waals surface area contributed by atoms with Gasteiger partial charge in [-0.05, 0) is 31.9 Å². The van der Waals surface area contributed by atoms with Crippen LogP contribution in [0, 0.1) is 6.92 Å². The molecule has 6 heteroatoms. The van der Waals surface area contributed by atoms with Crippen LogP contribution in [0.3, 0.4) is 0 Å². The molecule has 0 saturated carbocycles. The number of amides is 2. The zero-order chi connectivity index (χ0) is 14.5. The molecule has 0 spiro atoms. The molecular formula is C14H18N4O2. The van der Waals surface area contributed by atoms with Crippen molar-refractivity contribution in [3.63, 3.8) is 0 Å². The Morgan fingerprint density at radius 2 is 2.45 bits per heavy atom. The SMILES string of the molecule is C=CC(=O)N[C@@H]1CCCN(Cc2ccnc(C)n2)C1=O. The Morgan fingerprint density at radius 3 is 3.15 bits per heavy atom. The second-order valence-electron chi connectivity index (χ2n) is 4.76. The van der Waals surface area contributed by atoms with Crippen molar-refractivity contribution < 1.29 is 9.59 Å². The Bertz CT molecular complexity index is 530. The minimum atomic E-state index is -0.461. The third kappa shape index (κ3) is 3.40. The Kier molecular flexibility index (Phi) is 4.45. The summed E-state index contributed by atoms with van der Waals surface area (Å²) in [5, 5.41) is 2.66. The van der Waals surface area contributed by atoms with Crippen molar-refractivity contribution in [2.75, 3.05) is 6.54 Å². The van der Waals surface area contributed by atoms with Crippen LogP contribution < -0.4 is 5.32 Å². The van der Waals surface area contributed by atoms with E-state index in [2.05, 4.69) is 21.9 Å². The Balaban J connectivity index is 2.03. The van der Waals surface area contributed by atoms with Gasteiger partial charge < -0.3 is 10.2 Å². The van der Waals surface area contributed by atoms with Gasteiger partial charge in [-0.1, -0.05) is 6.58 Å². The number of aryl methyl sites for hydroxylation is 1. The molecule has 2 amide bonds. The molecule has 1 fully saturated rings. The number of nitrogens with zero attached hydrogens (tertiary/aromatic N) is 3. The topological polar surface area (TPSA) is 75.2 Å². The molecule has 1 aromatic rings. The lowest BCUT2D eigenvalue weighted by atomic mass is 10.0. The van der Waals surface area contributed by atoms with Gasteiger partial charge in [0.05, 0.1) is 12.2 Å². The highest BCUT2D eigenvalue weighted by molar-refractivity contribution is 5.92. The van der Waals surface area contributed by atoms with Crippen molar-refractivity contribution >= 4 is 11.8 Å². The molecule has 0 aromatic carbocycles. The van der Waals surface area contributed by atoms with E-state index in [1.165, 1.54) is 6.08 Å². The van der Waals surface area contributed by atoms with Crippen LogP contribution in [0.25, 0.3) is 0 Å². The molecule has 0 aliphatic carbocycles. The molecule has 0 radical (unpaired) electrons. The van der Waals surface area contributed by atoms with Gasteiger partial charge in [0.2, 0.25) is 11.8 Å². The van der Waals surface area contributed by atoms with Crippen molar-refractivity contribution in [3.8, 4) is 0 Å². The van der Waals surface area contributed by atoms with Gasteiger partial charge in [0.25, 0.3) is 0 Å². The molecule has 2 rings (SSSR count). The highest BCUT2D eigenvalue weighted by Gasteiger charge is 2.29. The lowest BCUT2D eigenvalue weighted by Gasteiger charge is -2.32. The van der Waals surface area contributed by atoms with Gasteiger partial charge in [-0.25, -0.2) is 9.97 Å². The Labute approximate surface area is 117 Å². The smallest absolute Gasteiger partial charge is 0.245 e. The van der Waals surface area contributed by atoms with E-state index in [4.69, 9.17) is 0 Å². The second kappa shape index (κ2) is 6.27. The fourth-order valence-electron chi connectivity index (χ4n) is 2.25. The minimum absolute atomic E-state index is 0.0669. The summed E-state index contributed by atoms with van der Waals surface area (Å²) in [6.07, 6.45) is 4.39. The lowest BCUT2D eigenvalue weighted by Crippen LogP contribution is -2.51. The summed E-state index contributed by atoms with van der Waals surface area (Å²) in [4.78, 5) is 33.7. The van der Waals surface area contributed by atoms with Gasteiger partial charge >= 0.3 is 0 Å². The maximum absolute atomic E-state index is 12.3. The van der Waals surface area contributed by atoms with Crippen LogP contribution >= 0.6 is 0 Å². The molecular weight excluding hydrogens is 256 g/mol. The molecule has 1 saturated heterocycles. The molecule has 6 nitrogen and oxygen atoms in total. The summed E-state index contributed by atoms with van der Waals surface area (Å²) in [5.41, 5.74) is 0.807. The van der Waals surface area contributed by atoms with Crippen molar-refractivity contribution in [1.29, 1.82) is 0 Å². The van der Waals surface area contributed by atoms with E-state index in [1.807, 2.05) is 6.92 Å². The van der Waals surface area contributed by atoms with Crippen LogP contribution in [-0.2, 0) is 16.1 Å². The van der Waals surface area contributed by atoms with Crippen LogP contribution in [0.5, 0.6) is 0 Å². The fourth-order valence-corrected chi connectivity index (χ4v) is 2.25. The van der Waals surface area contributed by atoms with E-state index < -0.39 is 6.04 Å². The summed E-state index contributed by atoms with van der Waals surface area (Å²) in [5.74, 6) is 0.300. The maximum Gasteiger partial charge on any atom is 0.245 e. The average Bonchev–Trinajstić information content (AvgIpc) is 2.43. The Morgan fingerprint density at radius 1 is 1.65 bits per heavy atom. The normalized spacial score (nSPS) is 18.8. The quantitative estimate of drug-likeness (QED) is 0.815. The zero-order valence-corrected chi connectivity index (χ0v) is 11.5. The number of hydrogen-bond acceptors (Lipinski definition) is 4. The summed E-state index contributed by atoms with van der Waals surface area (Å²) in [6.45, 7) is 6.34. The number of nitrogens with one attached hydrogen (secondary N) is 1. The van der Waals surface area contributed by atoms with Crippen molar-refractivity contribution in [2.24, 2.45) is 0 Å². The van der Waals surface area contributed by atoms with E-state index in [1.54, 1.807) is 17.2 Å². The zero-order valence-electron chi connectivity index (χ0n) is 11.5. The predicted molar refractivity (Wildman–Crippen MR) is 73.5 cm³/mol. The molecule has 1 atom stereocenters. The first-order valence-corrected chi connectivity index (χ1v) is 6.60. The largest absolute Gasteiger partial charge is 0.341 e. The lowest BCUT2D eigenvalue weighted by molar-refractivity contribution is -0.138. The van der Waals surface area contributed by atoms with Gasteiger partial charge in [0, 0.05) is 12.7 Å². The molecule has 1 N–H and O–H groups in total. The monoisotopic (exact) mass is 274 g/mol. The van der Waals surface area contributed by atoms with Crippen LogP contribution in [0.4, 0.5) is 0 Å². The van der Waals surface area contributed by atoms with Crippen LogP contribution in [0.1, 0.15) is 24.4 Å². The van der Waals surface area contributed by atoms with Gasteiger partial charge in [-0.3, -0.25) is 9.59 Å². The van der Waals surface area contributed by atoms with E-state index in [-0.39, 0.29) is 11.8 Å². The molecule has 1 aliphatic heterocycles. The van der Waals surface area contributed by atoms with Gasteiger partial charge in [0.1, 0.15) is 11.9 Å². The molecule has 106 valence electrons. The number of aromatic nitrogens is 2. The summed E-state index contributed by atoms with van der Waals surface area (Å²) in [7, 11) is 0. The standard InChI is InChI=1S/C14H18N4O2/c1-3-13(19)17-12-5-4-8-18(14(12)20)9-11-6-7-15-10(2)16-11/h3,6-7,12H,1,4-5,8-9H2,2H3,(H,17,19)/t12-/m1/s1. The molecule has 0 bridgehead atoms. The average molecular weight is 274 g/mol. The summed E-state index contributed by atoms with van der Waals surface area (Å²) < 4.78 is 0. The van der Waals surface area contributed by atoms with Crippen LogP contribution in [0.2, 0.25) is 0 Å². The van der Waals surface area contributed by atoms with Crippen LogP contribution in [-0.4, -0.2) is 39.3 Å². The van der Waals surface area contributed by atoms with E-state index in [0.717, 1.165) is 12.1 Å². The first-order chi connectivity index (χ1) is 9.60. The molecule has 1 aromatic heterocycles. The summed E-state index contributed by atoms with van der Waals surface area (Å²) >= 11 is 0. The number of hydrogen-bond donors (Lipinski definition) is 1. The number of likely N-dealkylation sites (tertiary alicyclic amines) is 1. The first-order valence-electron chi connectivity index (χ1n) is 6.60. The van der Waals surface area contributed by atoms with E-state index >= 15 is 0 Å². The highest BCUT2D eigenvalue weighted by atomic mass is 16.2. The molecule has 1 aliphatic rings. The fraction of sp³-hybridized carbons (Fsp3) is 0.429.